The third-order valence-corrected chi connectivity index (χ3v) is 7.06. The molecule has 2 rings (SSSR count). The third kappa shape index (κ3) is 8.30. The van der Waals surface area contributed by atoms with Crippen molar-refractivity contribution >= 4 is 50.7 Å². The van der Waals surface area contributed by atoms with Crippen LogP contribution >= 0.6 is 23.2 Å². The van der Waals surface area contributed by atoms with Crippen LogP contribution in [0.25, 0.3) is 0 Å². The first-order valence-electron chi connectivity index (χ1n) is 11.1. The SMILES string of the molecule is CCNC(=O)[C@H](C)N(Cc1cccc(Cl)c1)C(=O)CCCN(c1ccc(OC)c(Cl)c1)S(C)(=O)=O. The molecule has 2 aromatic carbocycles. The van der Waals surface area contributed by atoms with Gasteiger partial charge in [0.25, 0.3) is 0 Å². The molecule has 0 fully saturated rings. The zero-order valence-corrected chi connectivity index (χ0v) is 22.6. The Balaban J connectivity index is 2.18. The first-order chi connectivity index (χ1) is 16.5. The predicted molar refractivity (Wildman–Crippen MR) is 140 cm³/mol. The Morgan fingerprint density at radius 1 is 1.14 bits per heavy atom. The van der Waals surface area contributed by atoms with Crippen molar-refractivity contribution in [3.63, 3.8) is 0 Å². The highest BCUT2D eigenvalue weighted by Gasteiger charge is 2.26. The lowest BCUT2D eigenvalue weighted by Crippen LogP contribution is -2.47. The van der Waals surface area contributed by atoms with Crippen LogP contribution in [0.4, 0.5) is 5.69 Å². The van der Waals surface area contributed by atoms with Gasteiger partial charge in [-0.05, 0) is 56.2 Å². The van der Waals surface area contributed by atoms with Crippen LogP contribution in [0.2, 0.25) is 10.0 Å². The van der Waals surface area contributed by atoms with Crippen LogP contribution in [-0.2, 0) is 26.2 Å². The highest BCUT2D eigenvalue weighted by atomic mass is 35.5. The summed E-state index contributed by atoms with van der Waals surface area (Å²) in [6, 6.07) is 11.0. The van der Waals surface area contributed by atoms with E-state index in [1.165, 1.54) is 22.4 Å². The number of anilines is 1. The quantitative estimate of drug-likeness (QED) is 0.434. The standard InChI is InChI=1S/C24H31Cl2N3O5S/c1-5-27-24(31)17(2)28(16-18-8-6-9-19(25)14-18)23(30)10-7-13-29(35(4,32)33)20-11-12-22(34-3)21(26)15-20/h6,8-9,11-12,14-15,17H,5,7,10,13,16H2,1-4H3,(H,27,31)/t17-/m0/s1. The van der Waals surface area contributed by atoms with Gasteiger partial charge >= 0.3 is 0 Å². The summed E-state index contributed by atoms with van der Waals surface area (Å²) >= 11 is 12.3. The molecule has 2 amide bonds. The van der Waals surface area contributed by atoms with Crippen molar-refractivity contribution < 1.29 is 22.7 Å². The van der Waals surface area contributed by atoms with E-state index in [1.54, 1.807) is 44.2 Å². The molecule has 35 heavy (non-hydrogen) atoms. The number of nitrogens with zero attached hydrogens (tertiary/aromatic N) is 2. The van der Waals surface area contributed by atoms with E-state index in [-0.39, 0.29) is 42.8 Å². The van der Waals surface area contributed by atoms with Gasteiger partial charge in [-0.1, -0.05) is 35.3 Å². The number of sulfonamides is 1. The van der Waals surface area contributed by atoms with Gasteiger partial charge in [0.15, 0.2) is 0 Å². The molecule has 0 aliphatic carbocycles. The fourth-order valence-electron chi connectivity index (χ4n) is 3.55. The molecule has 192 valence electrons. The Morgan fingerprint density at radius 3 is 2.43 bits per heavy atom. The fourth-order valence-corrected chi connectivity index (χ4v) is 4.97. The van der Waals surface area contributed by atoms with E-state index < -0.39 is 16.1 Å². The summed E-state index contributed by atoms with van der Waals surface area (Å²) in [4.78, 5) is 27.2. The molecule has 0 aliphatic heterocycles. The van der Waals surface area contributed by atoms with E-state index in [1.807, 2.05) is 6.07 Å². The van der Waals surface area contributed by atoms with E-state index in [0.29, 0.717) is 23.0 Å². The minimum atomic E-state index is -3.63. The number of hydrogen-bond acceptors (Lipinski definition) is 5. The second-order valence-corrected chi connectivity index (χ2v) is 10.7. The van der Waals surface area contributed by atoms with Crippen molar-refractivity contribution in [3.8, 4) is 5.75 Å². The summed E-state index contributed by atoms with van der Waals surface area (Å²) in [5, 5.41) is 3.55. The maximum atomic E-state index is 13.2. The van der Waals surface area contributed by atoms with Gasteiger partial charge in [0.2, 0.25) is 21.8 Å². The maximum Gasteiger partial charge on any atom is 0.242 e. The van der Waals surface area contributed by atoms with E-state index in [9.17, 15) is 18.0 Å². The van der Waals surface area contributed by atoms with Gasteiger partial charge in [-0.15, -0.1) is 0 Å². The van der Waals surface area contributed by atoms with E-state index in [2.05, 4.69) is 5.32 Å². The smallest absolute Gasteiger partial charge is 0.242 e. The van der Waals surface area contributed by atoms with Crippen LogP contribution in [0, 0.1) is 0 Å². The minimum absolute atomic E-state index is 0.0419. The first-order valence-corrected chi connectivity index (χ1v) is 13.7. The van der Waals surface area contributed by atoms with Crippen LogP contribution in [0.15, 0.2) is 42.5 Å². The molecule has 1 atom stereocenters. The van der Waals surface area contributed by atoms with Crippen molar-refractivity contribution in [2.75, 3.05) is 30.8 Å². The zero-order valence-electron chi connectivity index (χ0n) is 20.3. The van der Waals surface area contributed by atoms with Crippen LogP contribution in [-0.4, -0.2) is 57.6 Å². The maximum absolute atomic E-state index is 13.2. The summed E-state index contributed by atoms with van der Waals surface area (Å²) < 4.78 is 31.2. The topological polar surface area (TPSA) is 96.0 Å². The van der Waals surface area contributed by atoms with Crippen LogP contribution < -0.4 is 14.4 Å². The monoisotopic (exact) mass is 543 g/mol. The van der Waals surface area contributed by atoms with Crippen molar-refractivity contribution in [1.29, 1.82) is 0 Å². The van der Waals surface area contributed by atoms with E-state index in [0.717, 1.165) is 11.8 Å². The lowest BCUT2D eigenvalue weighted by atomic mass is 10.1. The summed E-state index contributed by atoms with van der Waals surface area (Å²) in [5.41, 5.74) is 1.16. The summed E-state index contributed by atoms with van der Waals surface area (Å²) in [6.45, 7) is 4.17. The van der Waals surface area contributed by atoms with Gasteiger partial charge in [0.1, 0.15) is 11.8 Å². The number of methoxy groups -OCH3 is 1. The number of benzene rings is 2. The normalized spacial score (nSPS) is 12.1. The summed E-state index contributed by atoms with van der Waals surface area (Å²) in [6.07, 6.45) is 1.37. The minimum Gasteiger partial charge on any atom is -0.495 e. The Hall–Kier alpha value is -2.49. The number of halogens is 2. The van der Waals surface area contributed by atoms with Gasteiger partial charge in [-0.3, -0.25) is 13.9 Å². The Labute approximate surface area is 217 Å². The largest absolute Gasteiger partial charge is 0.495 e. The molecular weight excluding hydrogens is 513 g/mol. The predicted octanol–water partition coefficient (Wildman–Crippen LogP) is 4.10. The van der Waals surface area contributed by atoms with Crippen molar-refractivity contribution in [2.45, 2.75) is 39.3 Å². The van der Waals surface area contributed by atoms with Crippen LogP contribution in [0.5, 0.6) is 5.75 Å². The molecule has 0 heterocycles. The number of ether oxygens (including phenoxy) is 1. The van der Waals surface area contributed by atoms with Crippen molar-refractivity contribution in [2.24, 2.45) is 0 Å². The highest BCUT2D eigenvalue weighted by molar-refractivity contribution is 7.92. The van der Waals surface area contributed by atoms with E-state index >= 15 is 0 Å². The molecule has 0 saturated carbocycles. The average molecular weight is 545 g/mol. The first kappa shape index (κ1) is 28.7. The molecule has 0 spiro atoms. The average Bonchev–Trinajstić information content (AvgIpc) is 2.79. The molecule has 1 N–H and O–H groups in total. The molecule has 0 saturated heterocycles. The lowest BCUT2D eigenvalue weighted by molar-refractivity contribution is -0.140. The highest BCUT2D eigenvalue weighted by Crippen LogP contribution is 2.30. The van der Waals surface area contributed by atoms with Gasteiger partial charge < -0.3 is 15.0 Å². The summed E-state index contributed by atoms with van der Waals surface area (Å²) in [5.74, 6) is -0.117. The molecule has 0 aliphatic rings. The Bertz CT molecular complexity index is 1140. The molecule has 0 unspecified atom stereocenters. The number of carbonyl (C=O) groups excluding carboxylic acids is 2. The molecule has 0 aromatic heterocycles. The molecule has 2 aromatic rings. The second-order valence-electron chi connectivity index (χ2n) is 7.98. The molecule has 0 bridgehead atoms. The third-order valence-electron chi connectivity index (χ3n) is 5.34. The second kappa shape index (κ2) is 13.0. The van der Waals surface area contributed by atoms with Crippen molar-refractivity contribution in [3.05, 3.63) is 58.1 Å². The Morgan fingerprint density at radius 2 is 1.86 bits per heavy atom. The number of carbonyl (C=O) groups is 2. The molecule has 11 heteroatoms. The summed E-state index contributed by atoms with van der Waals surface area (Å²) in [7, 11) is -2.16. The zero-order chi connectivity index (χ0) is 26.2. The lowest BCUT2D eigenvalue weighted by Gasteiger charge is -2.29. The van der Waals surface area contributed by atoms with Crippen LogP contribution in [0.3, 0.4) is 0 Å². The van der Waals surface area contributed by atoms with E-state index in [4.69, 9.17) is 27.9 Å². The number of nitrogens with one attached hydrogen (secondary N) is 1. The fraction of sp³-hybridized carbons (Fsp3) is 0.417. The molecular formula is C24H31Cl2N3O5S. The van der Waals surface area contributed by atoms with Gasteiger partial charge in [0, 0.05) is 31.1 Å². The number of amides is 2. The van der Waals surface area contributed by atoms with Gasteiger partial charge in [-0.25, -0.2) is 8.42 Å². The van der Waals surface area contributed by atoms with Gasteiger partial charge in [0.05, 0.1) is 24.1 Å². The number of rotatable bonds is 12. The van der Waals surface area contributed by atoms with Crippen LogP contribution in [0.1, 0.15) is 32.3 Å². The molecule has 0 radical (unpaired) electrons. The number of likely N-dealkylation sites (N-methyl/N-ethyl adjacent to an activating group) is 1. The number of hydrogen-bond donors (Lipinski definition) is 1. The Kier molecular flexibility index (Phi) is 10.7. The van der Waals surface area contributed by atoms with Crippen molar-refractivity contribution in [1.82, 2.24) is 10.2 Å². The molecule has 8 nitrogen and oxygen atoms in total. The van der Waals surface area contributed by atoms with Gasteiger partial charge in [-0.2, -0.15) is 0 Å².